The zero-order valence-corrected chi connectivity index (χ0v) is 16.9. The fraction of sp³-hybridized carbons (Fsp3) is 0.318. The summed E-state index contributed by atoms with van der Waals surface area (Å²) in [6.45, 7) is -0.582. The van der Waals surface area contributed by atoms with Crippen molar-refractivity contribution in [3.63, 3.8) is 0 Å². The summed E-state index contributed by atoms with van der Waals surface area (Å²) in [6.07, 6.45) is -5.87. The lowest BCUT2D eigenvalue weighted by atomic mass is 9.99. The van der Waals surface area contributed by atoms with Crippen LogP contribution in [0.5, 0.6) is 17.2 Å². The molecule has 1 aliphatic rings. The number of aliphatic hydroxyl groups is 4. The normalized spacial score (nSPS) is 25.6. The van der Waals surface area contributed by atoms with Crippen LogP contribution >= 0.6 is 0 Å². The molecule has 0 aliphatic carbocycles. The first-order chi connectivity index (χ1) is 15.3. The molecule has 10 heteroatoms. The van der Waals surface area contributed by atoms with Crippen LogP contribution in [-0.4, -0.2) is 70.0 Å². The monoisotopic (exact) mass is 446 g/mol. The summed E-state index contributed by atoms with van der Waals surface area (Å²) in [4.78, 5) is 12.9. The highest BCUT2D eigenvalue weighted by molar-refractivity contribution is 5.83. The molecule has 1 aromatic heterocycles. The van der Waals surface area contributed by atoms with E-state index < -0.39 is 37.3 Å². The van der Waals surface area contributed by atoms with Crippen molar-refractivity contribution in [3.8, 4) is 28.4 Å². The summed E-state index contributed by atoms with van der Waals surface area (Å²) in [5.74, 6) is 0.321. The Morgan fingerprint density at radius 3 is 2.50 bits per heavy atom. The molecule has 1 aliphatic heterocycles. The van der Waals surface area contributed by atoms with E-state index in [0.717, 1.165) is 0 Å². The molecule has 0 spiro atoms. The average Bonchev–Trinajstić information content (AvgIpc) is 2.79. The number of ether oxygens (including phenoxy) is 3. The third-order valence-electron chi connectivity index (χ3n) is 5.34. The molecule has 1 saturated heterocycles. The molecular weight excluding hydrogens is 424 g/mol. The SMILES string of the molecule is COc1ccc(-c2coc3cc(O[C@@H]4O[C@H](CO)[C@@H](O)[C@H](O)[C@H]4O)ccc3c2=O)cc1O. The first-order valence-electron chi connectivity index (χ1n) is 9.74. The van der Waals surface area contributed by atoms with Gasteiger partial charge in [0.2, 0.25) is 6.29 Å². The second-order valence-electron chi connectivity index (χ2n) is 7.34. The van der Waals surface area contributed by atoms with Crippen LogP contribution in [0.25, 0.3) is 22.1 Å². The van der Waals surface area contributed by atoms with Gasteiger partial charge in [0.15, 0.2) is 16.9 Å². The second kappa shape index (κ2) is 8.77. The van der Waals surface area contributed by atoms with Gasteiger partial charge in [-0.2, -0.15) is 0 Å². The van der Waals surface area contributed by atoms with E-state index in [0.29, 0.717) is 5.56 Å². The number of rotatable bonds is 5. The van der Waals surface area contributed by atoms with Crippen molar-refractivity contribution in [1.29, 1.82) is 0 Å². The highest BCUT2D eigenvalue weighted by Crippen LogP contribution is 2.32. The fourth-order valence-electron chi connectivity index (χ4n) is 3.54. The van der Waals surface area contributed by atoms with E-state index in [1.807, 2.05) is 0 Å². The number of phenolic OH excluding ortho intramolecular Hbond substituents is 1. The van der Waals surface area contributed by atoms with Gasteiger partial charge in [-0.3, -0.25) is 4.79 Å². The van der Waals surface area contributed by atoms with Crippen molar-refractivity contribution >= 4 is 11.0 Å². The molecular formula is C22H22O10. The molecule has 2 aromatic carbocycles. The number of benzene rings is 2. The van der Waals surface area contributed by atoms with Gasteiger partial charge in [-0.05, 0) is 29.8 Å². The molecule has 0 unspecified atom stereocenters. The Labute approximate surface area is 181 Å². The van der Waals surface area contributed by atoms with Gasteiger partial charge in [0.1, 0.15) is 42.0 Å². The Morgan fingerprint density at radius 1 is 1.03 bits per heavy atom. The van der Waals surface area contributed by atoms with Crippen molar-refractivity contribution in [2.45, 2.75) is 30.7 Å². The average molecular weight is 446 g/mol. The number of phenols is 1. The maximum absolute atomic E-state index is 12.9. The fourth-order valence-corrected chi connectivity index (χ4v) is 3.54. The van der Waals surface area contributed by atoms with Gasteiger partial charge in [-0.1, -0.05) is 6.07 Å². The lowest BCUT2D eigenvalue weighted by molar-refractivity contribution is -0.277. The molecule has 32 heavy (non-hydrogen) atoms. The first-order valence-corrected chi connectivity index (χ1v) is 9.74. The quantitative estimate of drug-likeness (QED) is 0.370. The van der Waals surface area contributed by atoms with Crippen LogP contribution in [-0.2, 0) is 4.74 Å². The lowest BCUT2D eigenvalue weighted by Gasteiger charge is -2.39. The number of methoxy groups -OCH3 is 1. The predicted octanol–water partition coefficient (Wildman–Crippen LogP) is 0.353. The van der Waals surface area contributed by atoms with Gasteiger partial charge in [0, 0.05) is 6.07 Å². The van der Waals surface area contributed by atoms with Crippen LogP contribution in [0.15, 0.2) is 51.9 Å². The van der Waals surface area contributed by atoms with E-state index in [2.05, 4.69) is 0 Å². The molecule has 5 N–H and O–H groups in total. The lowest BCUT2D eigenvalue weighted by Crippen LogP contribution is -2.60. The van der Waals surface area contributed by atoms with Crippen LogP contribution in [0.2, 0.25) is 0 Å². The van der Waals surface area contributed by atoms with Crippen LogP contribution in [0.4, 0.5) is 0 Å². The molecule has 0 saturated carbocycles. The summed E-state index contributed by atoms with van der Waals surface area (Å²) in [5.41, 5.74) is 0.535. The van der Waals surface area contributed by atoms with Crippen LogP contribution in [0, 0.1) is 0 Å². The number of aromatic hydroxyl groups is 1. The Bertz CT molecular complexity index is 1170. The minimum atomic E-state index is -1.58. The molecule has 10 nitrogen and oxygen atoms in total. The van der Waals surface area contributed by atoms with Gasteiger partial charge in [-0.25, -0.2) is 0 Å². The van der Waals surface area contributed by atoms with E-state index in [1.54, 1.807) is 6.07 Å². The second-order valence-corrected chi connectivity index (χ2v) is 7.34. The first kappa shape index (κ1) is 22.1. The number of hydrogen-bond donors (Lipinski definition) is 5. The minimum Gasteiger partial charge on any atom is -0.504 e. The number of aliphatic hydroxyl groups excluding tert-OH is 4. The van der Waals surface area contributed by atoms with E-state index in [9.17, 15) is 30.3 Å². The molecule has 1 fully saturated rings. The maximum atomic E-state index is 12.9. The molecule has 0 bridgehead atoms. The summed E-state index contributed by atoms with van der Waals surface area (Å²) >= 11 is 0. The maximum Gasteiger partial charge on any atom is 0.229 e. The van der Waals surface area contributed by atoms with E-state index >= 15 is 0 Å². The minimum absolute atomic E-state index is 0.118. The highest BCUT2D eigenvalue weighted by Gasteiger charge is 2.44. The van der Waals surface area contributed by atoms with E-state index in [1.165, 1.54) is 43.7 Å². The van der Waals surface area contributed by atoms with Crippen molar-refractivity contribution in [1.82, 2.24) is 0 Å². The highest BCUT2D eigenvalue weighted by atomic mass is 16.7. The molecule has 2 heterocycles. The smallest absolute Gasteiger partial charge is 0.229 e. The zero-order valence-electron chi connectivity index (χ0n) is 16.9. The third-order valence-corrected chi connectivity index (χ3v) is 5.34. The molecule has 5 atom stereocenters. The zero-order chi connectivity index (χ0) is 23.0. The molecule has 0 radical (unpaired) electrons. The Hall–Kier alpha value is -3.15. The standard InChI is InChI=1S/C22H22O10/c1-29-15-5-2-10(6-14(15)24)13-9-30-16-7-11(3-4-12(16)18(13)25)31-22-21(28)20(27)19(26)17(8-23)32-22/h2-7,9,17,19-24,26-28H,8H2,1H3/t17-,19-,20+,21-,22-/m1/s1. The molecule has 170 valence electrons. The van der Waals surface area contributed by atoms with Gasteiger partial charge < -0.3 is 44.2 Å². The molecule has 3 aromatic rings. The van der Waals surface area contributed by atoms with Crippen LogP contribution in [0.3, 0.4) is 0 Å². The summed E-state index contributed by atoms with van der Waals surface area (Å²) in [5, 5.41) is 49.4. The third kappa shape index (κ3) is 3.90. The van der Waals surface area contributed by atoms with Crippen molar-refractivity contribution in [2.75, 3.05) is 13.7 Å². The van der Waals surface area contributed by atoms with Gasteiger partial charge in [-0.15, -0.1) is 0 Å². The van der Waals surface area contributed by atoms with E-state index in [4.69, 9.17) is 18.6 Å². The largest absolute Gasteiger partial charge is 0.504 e. The Kier molecular flexibility index (Phi) is 6.04. The molecule has 4 rings (SSSR count). The number of hydrogen-bond acceptors (Lipinski definition) is 10. The van der Waals surface area contributed by atoms with Crippen LogP contribution in [0.1, 0.15) is 0 Å². The summed E-state index contributed by atoms with van der Waals surface area (Å²) < 4.78 is 21.5. The number of fused-ring (bicyclic) bond motifs is 1. The van der Waals surface area contributed by atoms with Crippen molar-refractivity contribution in [2.24, 2.45) is 0 Å². The van der Waals surface area contributed by atoms with Crippen LogP contribution < -0.4 is 14.9 Å². The van der Waals surface area contributed by atoms with Crippen molar-refractivity contribution in [3.05, 3.63) is 52.9 Å². The summed E-state index contributed by atoms with van der Waals surface area (Å²) in [7, 11) is 1.42. The molecule has 0 amide bonds. The van der Waals surface area contributed by atoms with Gasteiger partial charge in [0.25, 0.3) is 0 Å². The summed E-state index contributed by atoms with van der Waals surface area (Å²) in [6, 6.07) is 8.88. The van der Waals surface area contributed by atoms with Gasteiger partial charge >= 0.3 is 0 Å². The van der Waals surface area contributed by atoms with Gasteiger partial charge in [0.05, 0.1) is 24.7 Å². The van der Waals surface area contributed by atoms with Crippen molar-refractivity contribution < 1.29 is 44.2 Å². The Morgan fingerprint density at radius 2 is 1.81 bits per heavy atom. The van der Waals surface area contributed by atoms with E-state index in [-0.39, 0.29) is 39.2 Å². The topological polar surface area (TPSA) is 159 Å². The predicted molar refractivity (Wildman–Crippen MR) is 111 cm³/mol. The Balaban J connectivity index is 1.62.